The number of halogens is 1. The van der Waals surface area contributed by atoms with E-state index in [-0.39, 0.29) is 11.7 Å². The van der Waals surface area contributed by atoms with Gasteiger partial charge in [0.05, 0.1) is 5.52 Å². The van der Waals surface area contributed by atoms with Crippen LogP contribution in [0.1, 0.15) is 6.92 Å². The van der Waals surface area contributed by atoms with Crippen LogP contribution in [0.25, 0.3) is 10.9 Å². The third-order valence-electron chi connectivity index (χ3n) is 3.60. The van der Waals surface area contributed by atoms with Crippen molar-refractivity contribution in [2.75, 3.05) is 31.1 Å². The maximum atomic E-state index is 13.4. The van der Waals surface area contributed by atoms with Gasteiger partial charge < -0.3 is 9.80 Å². The molecule has 20 heavy (non-hydrogen) atoms. The van der Waals surface area contributed by atoms with Crippen LogP contribution in [0.2, 0.25) is 0 Å². The number of fused-ring (bicyclic) bond motifs is 1. The molecule has 2 heterocycles. The van der Waals surface area contributed by atoms with Crippen LogP contribution in [0.5, 0.6) is 0 Å². The van der Waals surface area contributed by atoms with E-state index in [1.165, 1.54) is 18.5 Å². The number of amides is 1. The lowest BCUT2D eigenvalue weighted by molar-refractivity contribution is -0.129. The number of hydrogen-bond donors (Lipinski definition) is 0. The summed E-state index contributed by atoms with van der Waals surface area (Å²) >= 11 is 0. The lowest BCUT2D eigenvalue weighted by Crippen LogP contribution is -2.48. The Morgan fingerprint density at radius 3 is 2.65 bits per heavy atom. The third-order valence-corrected chi connectivity index (χ3v) is 3.60. The molecule has 104 valence electrons. The molecule has 6 heteroatoms. The minimum Gasteiger partial charge on any atom is -0.352 e. The monoisotopic (exact) mass is 274 g/mol. The smallest absolute Gasteiger partial charge is 0.219 e. The second-order valence-corrected chi connectivity index (χ2v) is 4.85. The quantitative estimate of drug-likeness (QED) is 0.789. The molecular weight excluding hydrogens is 259 g/mol. The van der Waals surface area contributed by atoms with E-state index < -0.39 is 0 Å². The number of anilines is 1. The van der Waals surface area contributed by atoms with Gasteiger partial charge in [-0.3, -0.25) is 4.79 Å². The van der Waals surface area contributed by atoms with Crippen molar-refractivity contribution in [1.82, 2.24) is 14.9 Å². The first-order valence-electron chi connectivity index (χ1n) is 6.56. The second-order valence-electron chi connectivity index (χ2n) is 4.85. The molecular formula is C14H15FN4O. The minimum absolute atomic E-state index is 0.0863. The number of piperazine rings is 1. The predicted molar refractivity (Wildman–Crippen MR) is 74.0 cm³/mol. The Labute approximate surface area is 116 Å². The molecule has 0 atom stereocenters. The van der Waals surface area contributed by atoms with Crippen molar-refractivity contribution >= 4 is 22.6 Å². The number of hydrogen-bond acceptors (Lipinski definition) is 4. The molecule has 2 aromatic rings. The Morgan fingerprint density at radius 2 is 1.95 bits per heavy atom. The average Bonchev–Trinajstić information content (AvgIpc) is 2.46. The molecule has 1 aromatic heterocycles. The predicted octanol–water partition coefficient (Wildman–Crippen LogP) is 1.44. The van der Waals surface area contributed by atoms with Gasteiger partial charge in [-0.2, -0.15) is 0 Å². The van der Waals surface area contributed by atoms with Crippen LogP contribution in [0, 0.1) is 5.82 Å². The van der Waals surface area contributed by atoms with E-state index in [4.69, 9.17) is 0 Å². The van der Waals surface area contributed by atoms with Crippen molar-refractivity contribution < 1.29 is 9.18 Å². The van der Waals surface area contributed by atoms with Gasteiger partial charge in [-0.25, -0.2) is 14.4 Å². The zero-order chi connectivity index (χ0) is 14.1. The number of aromatic nitrogens is 2. The summed E-state index contributed by atoms with van der Waals surface area (Å²) in [6.45, 7) is 4.29. The highest BCUT2D eigenvalue weighted by Crippen LogP contribution is 2.24. The zero-order valence-electron chi connectivity index (χ0n) is 11.2. The first-order chi connectivity index (χ1) is 9.65. The van der Waals surface area contributed by atoms with E-state index in [0.29, 0.717) is 31.6 Å². The van der Waals surface area contributed by atoms with Crippen molar-refractivity contribution in [2.45, 2.75) is 6.92 Å². The summed E-state index contributed by atoms with van der Waals surface area (Å²) in [5.74, 6) is 0.525. The normalized spacial score (nSPS) is 15.7. The topological polar surface area (TPSA) is 49.3 Å². The molecule has 0 radical (unpaired) electrons. The molecule has 0 N–H and O–H groups in total. The molecule has 3 rings (SSSR count). The third kappa shape index (κ3) is 2.29. The van der Waals surface area contributed by atoms with Gasteiger partial charge in [0.25, 0.3) is 0 Å². The highest BCUT2D eigenvalue weighted by Gasteiger charge is 2.21. The first kappa shape index (κ1) is 12.8. The standard InChI is InChI=1S/C14H15FN4O/c1-10(20)18-4-6-19(7-5-18)14-12-8-11(15)2-3-13(12)16-9-17-14/h2-3,8-9H,4-7H2,1H3. The molecule has 0 unspecified atom stereocenters. The van der Waals surface area contributed by atoms with Crippen LogP contribution < -0.4 is 4.90 Å². The first-order valence-corrected chi connectivity index (χ1v) is 6.56. The lowest BCUT2D eigenvalue weighted by Gasteiger charge is -2.35. The molecule has 1 aliphatic rings. The number of nitrogens with zero attached hydrogens (tertiary/aromatic N) is 4. The number of benzene rings is 1. The van der Waals surface area contributed by atoms with Gasteiger partial charge in [-0.05, 0) is 18.2 Å². The van der Waals surface area contributed by atoms with E-state index in [0.717, 1.165) is 11.3 Å². The van der Waals surface area contributed by atoms with Crippen LogP contribution >= 0.6 is 0 Å². The van der Waals surface area contributed by atoms with Gasteiger partial charge in [0.2, 0.25) is 5.91 Å². The number of rotatable bonds is 1. The van der Waals surface area contributed by atoms with E-state index in [9.17, 15) is 9.18 Å². The lowest BCUT2D eigenvalue weighted by atomic mass is 10.2. The number of carbonyl (C=O) groups excluding carboxylic acids is 1. The van der Waals surface area contributed by atoms with Crippen molar-refractivity contribution in [3.63, 3.8) is 0 Å². The molecule has 1 amide bonds. The molecule has 0 aliphatic carbocycles. The summed E-state index contributed by atoms with van der Waals surface area (Å²) in [6, 6.07) is 4.51. The Morgan fingerprint density at radius 1 is 1.20 bits per heavy atom. The van der Waals surface area contributed by atoms with Gasteiger partial charge in [-0.1, -0.05) is 0 Å². The largest absolute Gasteiger partial charge is 0.352 e. The van der Waals surface area contributed by atoms with Crippen LogP contribution in [0.4, 0.5) is 10.2 Å². The Hall–Kier alpha value is -2.24. The van der Waals surface area contributed by atoms with E-state index in [1.807, 2.05) is 0 Å². The summed E-state index contributed by atoms with van der Waals surface area (Å²) in [7, 11) is 0. The Bertz CT molecular complexity index is 653. The summed E-state index contributed by atoms with van der Waals surface area (Å²) in [4.78, 5) is 23.6. The fraction of sp³-hybridized carbons (Fsp3) is 0.357. The summed E-state index contributed by atoms with van der Waals surface area (Å²) in [5.41, 5.74) is 0.727. The van der Waals surface area contributed by atoms with Crippen LogP contribution in [0.3, 0.4) is 0 Å². The van der Waals surface area contributed by atoms with Crippen LogP contribution in [-0.4, -0.2) is 47.0 Å². The van der Waals surface area contributed by atoms with Gasteiger partial charge in [0.1, 0.15) is 18.0 Å². The van der Waals surface area contributed by atoms with Gasteiger partial charge >= 0.3 is 0 Å². The highest BCUT2D eigenvalue weighted by atomic mass is 19.1. The molecule has 1 fully saturated rings. The number of carbonyl (C=O) groups is 1. The highest BCUT2D eigenvalue weighted by molar-refractivity contribution is 5.89. The van der Waals surface area contributed by atoms with Crippen LogP contribution in [-0.2, 0) is 4.79 Å². The summed E-state index contributed by atoms with van der Waals surface area (Å²) in [5, 5.41) is 0.712. The van der Waals surface area contributed by atoms with Crippen molar-refractivity contribution in [1.29, 1.82) is 0 Å². The van der Waals surface area contributed by atoms with Gasteiger partial charge in [-0.15, -0.1) is 0 Å². The molecule has 0 saturated carbocycles. The van der Waals surface area contributed by atoms with Crippen molar-refractivity contribution in [3.05, 3.63) is 30.3 Å². The fourth-order valence-corrected chi connectivity index (χ4v) is 2.50. The summed E-state index contributed by atoms with van der Waals surface area (Å²) in [6.07, 6.45) is 1.49. The summed E-state index contributed by atoms with van der Waals surface area (Å²) < 4.78 is 13.4. The minimum atomic E-state index is -0.295. The molecule has 5 nitrogen and oxygen atoms in total. The van der Waals surface area contributed by atoms with E-state index >= 15 is 0 Å². The van der Waals surface area contributed by atoms with Gasteiger partial charge in [0, 0.05) is 38.5 Å². The molecule has 1 aliphatic heterocycles. The SMILES string of the molecule is CC(=O)N1CCN(c2ncnc3ccc(F)cc23)CC1. The molecule has 1 aromatic carbocycles. The van der Waals surface area contributed by atoms with E-state index in [2.05, 4.69) is 14.9 Å². The van der Waals surface area contributed by atoms with Crippen molar-refractivity contribution in [3.8, 4) is 0 Å². The van der Waals surface area contributed by atoms with Crippen LogP contribution in [0.15, 0.2) is 24.5 Å². The zero-order valence-corrected chi connectivity index (χ0v) is 11.2. The molecule has 1 saturated heterocycles. The Balaban J connectivity index is 1.91. The molecule has 0 bridgehead atoms. The maximum absolute atomic E-state index is 13.4. The average molecular weight is 274 g/mol. The van der Waals surface area contributed by atoms with Crippen molar-refractivity contribution in [2.24, 2.45) is 0 Å². The fourth-order valence-electron chi connectivity index (χ4n) is 2.50. The van der Waals surface area contributed by atoms with Gasteiger partial charge in [0.15, 0.2) is 0 Å². The second kappa shape index (κ2) is 5.03. The molecule has 0 spiro atoms. The Kier molecular flexibility index (Phi) is 3.22. The maximum Gasteiger partial charge on any atom is 0.219 e. The van der Waals surface area contributed by atoms with E-state index in [1.54, 1.807) is 17.9 Å².